The Bertz CT molecular complexity index is 1040. The van der Waals surface area contributed by atoms with Gasteiger partial charge < -0.3 is 9.88 Å². The van der Waals surface area contributed by atoms with Crippen LogP contribution in [0.15, 0.2) is 53.5 Å². The van der Waals surface area contributed by atoms with E-state index in [2.05, 4.69) is 22.1 Å². The summed E-state index contributed by atoms with van der Waals surface area (Å²) in [7, 11) is 0. The van der Waals surface area contributed by atoms with Crippen LogP contribution in [0.25, 0.3) is 0 Å². The first kappa shape index (κ1) is 21.0. The van der Waals surface area contributed by atoms with Gasteiger partial charge in [-0.1, -0.05) is 35.5 Å². The predicted molar refractivity (Wildman–Crippen MR) is 115 cm³/mol. The quantitative estimate of drug-likeness (QED) is 0.224. The highest BCUT2D eigenvalue weighted by Gasteiger charge is 2.16. The maximum absolute atomic E-state index is 12.3. The maximum atomic E-state index is 12.3. The van der Waals surface area contributed by atoms with Gasteiger partial charge in [0, 0.05) is 30.0 Å². The third-order valence-corrected chi connectivity index (χ3v) is 5.96. The number of halogens is 1. The van der Waals surface area contributed by atoms with Gasteiger partial charge in [0.25, 0.3) is 5.69 Å². The first-order chi connectivity index (χ1) is 14.0. The molecule has 0 aliphatic carbocycles. The number of carbonyl (C=O) groups is 1. The molecule has 0 radical (unpaired) electrons. The highest BCUT2D eigenvalue weighted by atomic mass is 35.5. The number of aromatic nitrogens is 3. The molecule has 0 atom stereocenters. The number of nitro groups is 1. The van der Waals surface area contributed by atoms with Crippen molar-refractivity contribution in [2.45, 2.75) is 18.1 Å². The molecule has 3 rings (SSSR count). The summed E-state index contributed by atoms with van der Waals surface area (Å²) in [5.74, 6) is 0.482. The molecule has 1 N–H and O–H groups in total. The molecule has 0 aliphatic heterocycles. The van der Waals surface area contributed by atoms with Crippen LogP contribution in [0.2, 0.25) is 5.02 Å². The van der Waals surface area contributed by atoms with Crippen molar-refractivity contribution in [1.82, 2.24) is 14.8 Å². The van der Waals surface area contributed by atoms with Crippen LogP contribution in [0, 0.1) is 10.1 Å². The van der Waals surface area contributed by atoms with Crippen LogP contribution in [0.4, 0.5) is 11.4 Å². The van der Waals surface area contributed by atoms with E-state index < -0.39 is 4.92 Å². The molecule has 11 heteroatoms. The van der Waals surface area contributed by atoms with Crippen molar-refractivity contribution in [1.29, 1.82) is 0 Å². The van der Waals surface area contributed by atoms with E-state index in [0.717, 1.165) is 10.7 Å². The lowest BCUT2D eigenvalue weighted by molar-refractivity contribution is -0.384. The second-order valence-electron chi connectivity index (χ2n) is 5.81. The van der Waals surface area contributed by atoms with Gasteiger partial charge in [-0.05, 0) is 17.5 Å². The lowest BCUT2D eigenvalue weighted by Gasteiger charge is -2.08. The van der Waals surface area contributed by atoms with Gasteiger partial charge in [-0.25, -0.2) is 0 Å². The summed E-state index contributed by atoms with van der Waals surface area (Å²) in [5, 5.41) is 24.7. The molecule has 0 bridgehead atoms. The smallest absolute Gasteiger partial charge is 0.271 e. The van der Waals surface area contributed by atoms with Crippen LogP contribution in [0.3, 0.4) is 0 Å². The summed E-state index contributed by atoms with van der Waals surface area (Å²) in [6.45, 7) is 4.29. The Morgan fingerprint density at radius 1 is 1.41 bits per heavy atom. The van der Waals surface area contributed by atoms with E-state index in [1.54, 1.807) is 17.4 Å². The van der Waals surface area contributed by atoms with Crippen molar-refractivity contribution >= 4 is 52.0 Å². The number of rotatable bonds is 9. The molecule has 1 aromatic carbocycles. The lowest BCUT2D eigenvalue weighted by atomic mass is 10.3. The molecule has 0 aliphatic rings. The Hall–Kier alpha value is -2.69. The largest absolute Gasteiger partial charge is 0.324 e. The summed E-state index contributed by atoms with van der Waals surface area (Å²) in [5.41, 5.74) is 0.0405. The van der Waals surface area contributed by atoms with Gasteiger partial charge in [0.05, 0.1) is 21.4 Å². The highest BCUT2D eigenvalue weighted by Crippen LogP contribution is 2.27. The number of nitrogens with zero attached hydrogens (tertiary/aromatic N) is 4. The fraction of sp³-hybridized carbons (Fsp3) is 0.167. The van der Waals surface area contributed by atoms with E-state index in [1.807, 2.05) is 22.1 Å². The van der Waals surface area contributed by atoms with Crippen molar-refractivity contribution < 1.29 is 9.72 Å². The van der Waals surface area contributed by atoms with E-state index >= 15 is 0 Å². The van der Waals surface area contributed by atoms with Crippen molar-refractivity contribution in [2.24, 2.45) is 0 Å². The zero-order valence-corrected chi connectivity index (χ0v) is 17.5. The van der Waals surface area contributed by atoms with Gasteiger partial charge in [-0.2, -0.15) is 0 Å². The highest BCUT2D eigenvalue weighted by molar-refractivity contribution is 7.99. The van der Waals surface area contributed by atoms with E-state index in [4.69, 9.17) is 11.6 Å². The summed E-state index contributed by atoms with van der Waals surface area (Å²) < 4.78 is 1.91. The molecule has 3 aromatic rings. The Kier molecular flexibility index (Phi) is 7.02. The molecule has 0 saturated heterocycles. The molecule has 8 nitrogen and oxygen atoms in total. The molecule has 150 valence electrons. The zero-order chi connectivity index (χ0) is 20.8. The van der Waals surface area contributed by atoms with E-state index in [9.17, 15) is 14.9 Å². The topological polar surface area (TPSA) is 103 Å². The number of thiophene rings is 1. The van der Waals surface area contributed by atoms with Crippen molar-refractivity contribution in [2.75, 3.05) is 11.1 Å². The van der Waals surface area contributed by atoms with Crippen LogP contribution in [-0.4, -0.2) is 31.3 Å². The molecule has 1 amide bonds. The summed E-state index contributed by atoms with van der Waals surface area (Å²) in [6.07, 6.45) is 2.39. The van der Waals surface area contributed by atoms with Crippen LogP contribution in [0.1, 0.15) is 10.7 Å². The van der Waals surface area contributed by atoms with Gasteiger partial charge in [-0.3, -0.25) is 14.9 Å². The molecule has 0 saturated carbocycles. The molecular formula is C18H16ClN5O3S2. The number of hydrogen-bond donors (Lipinski definition) is 1. The van der Waals surface area contributed by atoms with Crippen LogP contribution >= 0.6 is 34.7 Å². The van der Waals surface area contributed by atoms with Crippen LogP contribution < -0.4 is 5.32 Å². The van der Waals surface area contributed by atoms with Crippen molar-refractivity contribution in [3.05, 3.63) is 74.2 Å². The number of carbonyl (C=O) groups excluding carboxylic acids is 1. The monoisotopic (exact) mass is 449 g/mol. The molecule has 0 spiro atoms. The Balaban J connectivity index is 1.67. The number of allylic oxidation sites excluding steroid dienone is 1. The lowest BCUT2D eigenvalue weighted by Crippen LogP contribution is -2.15. The van der Waals surface area contributed by atoms with Gasteiger partial charge >= 0.3 is 0 Å². The predicted octanol–water partition coefficient (Wildman–Crippen LogP) is 4.41. The van der Waals surface area contributed by atoms with E-state index in [1.165, 1.54) is 30.0 Å². The second-order valence-corrected chi connectivity index (χ2v) is 8.19. The first-order valence-electron chi connectivity index (χ1n) is 8.40. The van der Waals surface area contributed by atoms with Gasteiger partial charge in [0.15, 0.2) is 5.16 Å². The van der Waals surface area contributed by atoms with Crippen molar-refractivity contribution in [3.8, 4) is 0 Å². The number of thioether (sulfide) groups is 1. The van der Waals surface area contributed by atoms with Gasteiger partial charge in [-0.15, -0.1) is 28.1 Å². The number of hydrogen-bond acceptors (Lipinski definition) is 7. The molecular weight excluding hydrogens is 434 g/mol. The number of anilines is 1. The minimum absolute atomic E-state index is 0.0489. The second kappa shape index (κ2) is 9.68. The normalized spacial score (nSPS) is 10.7. The Morgan fingerprint density at radius 2 is 2.24 bits per heavy atom. The van der Waals surface area contributed by atoms with Gasteiger partial charge in [0.2, 0.25) is 5.91 Å². The summed E-state index contributed by atoms with van der Waals surface area (Å²) in [6, 6.07) is 7.89. The summed E-state index contributed by atoms with van der Waals surface area (Å²) >= 11 is 8.88. The fourth-order valence-corrected chi connectivity index (χ4v) is 4.11. The molecule has 0 fully saturated rings. The van der Waals surface area contributed by atoms with E-state index in [-0.39, 0.29) is 28.1 Å². The molecule has 29 heavy (non-hydrogen) atoms. The standard InChI is InChI=1S/C18H16ClN5O3S2/c1-2-7-23-16(10-13-4-3-8-28-13)21-22-18(23)29-11-17(25)20-15-9-12(24(26)27)5-6-14(15)19/h2-6,8-9H,1,7,10-11H2,(H,20,25). The number of nitro benzene ring substituents is 1. The molecule has 0 unspecified atom stereocenters. The molecule has 2 aromatic heterocycles. The number of nitrogens with one attached hydrogen (secondary N) is 1. The third-order valence-electron chi connectivity index (χ3n) is 3.78. The average Bonchev–Trinajstić information content (AvgIpc) is 3.33. The average molecular weight is 450 g/mol. The van der Waals surface area contributed by atoms with Gasteiger partial charge in [0.1, 0.15) is 5.82 Å². The maximum Gasteiger partial charge on any atom is 0.271 e. The zero-order valence-electron chi connectivity index (χ0n) is 15.1. The van der Waals surface area contributed by atoms with Crippen LogP contribution in [0.5, 0.6) is 0 Å². The fourth-order valence-electron chi connectivity index (χ4n) is 2.48. The van der Waals surface area contributed by atoms with E-state index in [0.29, 0.717) is 18.1 Å². The minimum Gasteiger partial charge on any atom is -0.324 e. The number of benzene rings is 1. The minimum atomic E-state index is -0.548. The van der Waals surface area contributed by atoms with Crippen LogP contribution in [-0.2, 0) is 17.8 Å². The first-order valence-corrected chi connectivity index (χ1v) is 10.6. The molecule has 2 heterocycles. The Labute approximate surface area is 179 Å². The summed E-state index contributed by atoms with van der Waals surface area (Å²) in [4.78, 5) is 23.8. The SMILES string of the molecule is C=CCn1c(Cc2cccs2)nnc1SCC(=O)Nc1cc([N+](=O)[O-])ccc1Cl. The Morgan fingerprint density at radius 3 is 2.93 bits per heavy atom. The number of amides is 1. The number of non-ortho nitro benzene ring substituents is 1. The third kappa shape index (κ3) is 5.43. The van der Waals surface area contributed by atoms with Crippen molar-refractivity contribution in [3.63, 3.8) is 0 Å².